The molecule has 0 atom stereocenters. The summed E-state index contributed by atoms with van der Waals surface area (Å²) < 4.78 is 25.0. The molecule has 3 aromatic carbocycles. The Kier molecular flexibility index (Phi) is 8.07. The first-order chi connectivity index (χ1) is 19.0. The summed E-state index contributed by atoms with van der Waals surface area (Å²) in [7, 11) is 3.91. The first-order valence-corrected chi connectivity index (χ1v) is 12.6. The van der Waals surface area contributed by atoms with Gasteiger partial charge in [0.15, 0.2) is 0 Å². The third kappa shape index (κ3) is 6.55. The molecule has 2 N–H and O–H groups in total. The molecule has 0 aliphatic carbocycles. The smallest absolute Gasteiger partial charge is 0.423 e. The summed E-state index contributed by atoms with van der Waals surface area (Å²) >= 11 is 1.66. The number of rotatable bonds is 6. The fourth-order valence-corrected chi connectivity index (χ4v) is 4.20. The molecular weight excluding hydrogens is 517 g/mol. The van der Waals surface area contributed by atoms with Crippen LogP contribution in [0.2, 0.25) is 0 Å². The second-order valence-corrected chi connectivity index (χ2v) is 9.10. The van der Waals surface area contributed by atoms with Gasteiger partial charge in [-0.2, -0.15) is 11.3 Å². The van der Waals surface area contributed by atoms with Gasteiger partial charge in [0.1, 0.15) is 13.7 Å². The van der Waals surface area contributed by atoms with Crippen LogP contribution in [0.3, 0.4) is 0 Å². The first kappa shape index (κ1) is 26.2. The van der Waals surface area contributed by atoms with Crippen molar-refractivity contribution in [1.82, 2.24) is 20.4 Å². The van der Waals surface area contributed by atoms with Crippen LogP contribution in [-0.2, 0) is 6.42 Å². The molecule has 0 saturated heterocycles. The summed E-state index contributed by atoms with van der Waals surface area (Å²) in [6.45, 7) is 0. The third-order valence-corrected chi connectivity index (χ3v) is 6.26. The number of aromatic nitrogens is 4. The minimum absolute atomic E-state index is 0.0327. The molecule has 39 heavy (non-hydrogen) atoms. The van der Waals surface area contributed by atoms with E-state index < -0.39 is 12.9 Å². The second-order valence-electron chi connectivity index (χ2n) is 8.32. The van der Waals surface area contributed by atoms with Gasteiger partial charge in [-0.1, -0.05) is 54.0 Å². The second kappa shape index (κ2) is 12.0. The van der Waals surface area contributed by atoms with Crippen LogP contribution in [-0.4, -0.2) is 45.4 Å². The maximum Gasteiger partial charge on any atom is 0.488 e. The summed E-state index contributed by atoms with van der Waals surface area (Å²) in [4.78, 5) is 0. The SMILES string of the molecule is OB(O)c1ccc(-c2nnc(-c3ccccc3)o2)c(F)c1.[B]c1ccc(-c2nnc(Cc3ccsc3)o2)cc1. The van der Waals surface area contributed by atoms with Crippen LogP contribution in [0.1, 0.15) is 11.5 Å². The Bertz CT molecular complexity index is 1640. The van der Waals surface area contributed by atoms with Crippen molar-refractivity contribution < 1.29 is 23.3 Å². The highest BCUT2D eigenvalue weighted by Gasteiger charge is 2.18. The Hall–Kier alpha value is -4.38. The fourth-order valence-electron chi connectivity index (χ4n) is 3.53. The minimum atomic E-state index is -1.73. The van der Waals surface area contributed by atoms with Crippen LogP contribution in [0.15, 0.2) is 98.5 Å². The number of benzene rings is 3. The molecular formula is C27H19B2FN4O4S. The van der Waals surface area contributed by atoms with Crippen molar-refractivity contribution in [3.8, 4) is 34.4 Å². The molecule has 0 aliphatic heterocycles. The van der Waals surface area contributed by atoms with E-state index in [-0.39, 0.29) is 22.8 Å². The van der Waals surface area contributed by atoms with Crippen LogP contribution in [0, 0.1) is 5.82 Å². The van der Waals surface area contributed by atoms with E-state index in [9.17, 15) is 4.39 Å². The topological polar surface area (TPSA) is 118 Å². The van der Waals surface area contributed by atoms with Gasteiger partial charge in [0.25, 0.3) is 5.89 Å². The summed E-state index contributed by atoms with van der Waals surface area (Å²) in [5.74, 6) is 0.811. The van der Waals surface area contributed by atoms with E-state index in [1.165, 1.54) is 17.7 Å². The molecule has 0 unspecified atom stereocenters. The van der Waals surface area contributed by atoms with Gasteiger partial charge in [0, 0.05) is 11.1 Å². The highest BCUT2D eigenvalue weighted by atomic mass is 32.1. The first-order valence-electron chi connectivity index (χ1n) is 11.7. The molecule has 0 bridgehead atoms. The van der Waals surface area contributed by atoms with Crippen LogP contribution < -0.4 is 10.9 Å². The maximum atomic E-state index is 14.0. The van der Waals surface area contributed by atoms with Gasteiger partial charge in [-0.3, -0.25) is 0 Å². The normalized spacial score (nSPS) is 10.6. The van der Waals surface area contributed by atoms with E-state index in [1.54, 1.807) is 23.5 Å². The summed E-state index contributed by atoms with van der Waals surface area (Å²) in [6, 6.07) is 22.3. The van der Waals surface area contributed by atoms with Crippen molar-refractivity contribution in [1.29, 1.82) is 0 Å². The predicted octanol–water partition coefficient (Wildman–Crippen LogP) is 3.41. The molecule has 0 spiro atoms. The standard InChI is InChI=1S/C14H10BFN2O3.C13H9BN2OS/c16-12-8-10(15(19)20)6-7-11(12)14-18-17-13(21-14)9-4-2-1-3-5-9;14-11-3-1-10(2-4-11)13-16-15-12(17-13)7-9-5-6-18-8-9/h1-8,19-20H;1-6,8H,7H2. The lowest BCUT2D eigenvalue weighted by molar-refractivity contribution is 0.425. The lowest BCUT2D eigenvalue weighted by Crippen LogP contribution is -2.30. The number of hydrogen-bond donors (Lipinski definition) is 2. The highest BCUT2D eigenvalue weighted by molar-refractivity contribution is 7.07. The molecule has 8 nitrogen and oxygen atoms in total. The summed E-state index contributed by atoms with van der Waals surface area (Å²) in [5.41, 5.74) is 3.68. The van der Waals surface area contributed by atoms with Gasteiger partial charge in [0.05, 0.1) is 12.0 Å². The van der Waals surface area contributed by atoms with E-state index in [0.717, 1.165) is 22.7 Å². The highest BCUT2D eigenvalue weighted by Crippen LogP contribution is 2.25. The average Bonchev–Trinajstić information content (AvgIpc) is 3.73. The van der Waals surface area contributed by atoms with Crippen molar-refractivity contribution in [2.24, 2.45) is 0 Å². The van der Waals surface area contributed by atoms with E-state index in [1.807, 2.05) is 47.8 Å². The average molecular weight is 536 g/mol. The van der Waals surface area contributed by atoms with Gasteiger partial charge in [-0.15, -0.1) is 20.4 Å². The molecule has 2 radical (unpaired) electrons. The Labute approximate surface area is 228 Å². The van der Waals surface area contributed by atoms with Crippen LogP contribution in [0.4, 0.5) is 4.39 Å². The molecule has 0 fully saturated rings. The Morgan fingerprint density at radius 3 is 2.18 bits per heavy atom. The number of thiophene rings is 1. The molecule has 190 valence electrons. The van der Waals surface area contributed by atoms with E-state index in [4.69, 9.17) is 26.7 Å². The number of nitrogens with zero attached hydrogens (tertiary/aromatic N) is 4. The fraction of sp³-hybridized carbons (Fsp3) is 0.0370. The van der Waals surface area contributed by atoms with Gasteiger partial charge in [0.2, 0.25) is 17.7 Å². The molecule has 0 saturated carbocycles. The third-order valence-electron chi connectivity index (χ3n) is 5.53. The zero-order chi connectivity index (χ0) is 27.2. The molecule has 6 rings (SSSR count). The quantitative estimate of drug-likeness (QED) is 0.311. The zero-order valence-corrected chi connectivity index (χ0v) is 21.1. The van der Waals surface area contributed by atoms with E-state index >= 15 is 0 Å². The van der Waals surface area contributed by atoms with E-state index in [2.05, 4.69) is 31.8 Å². The Balaban J connectivity index is 0.000000160. The zero-order valence-electron chi connectivity index (χ0n) is 20.3. The van der Waals surface area contributed by atoms with Gasteiger partial charge >= 0.3 is 7.12 Å². The largest absolute Gasteiger partial charge is 0.488 e. The van der Waals surface area contributed by atoms with Crippen molar-refractivity contribution in [3.05, 3.63) is 107 Å². The minimum Gasteiger partial charge on any atom is -0.423 e. The van der Waals surface area contributed by atoms with Crippen LogP contribution >= 0.6 is 11.3 Å². The Morgan fingerprint density at radius 1 is 0.795 bits per heavy atom. The van der Waals surface area contributed by atoms with Crippen LogP contribution in [0.25, 0.3) is 34.4 Å². The van der Waals surface area contributed by atoms with Crippen molar-refractivity contribution in [2.75, 3.05) is 0 Å². The van der Waals surface area contributed by atoms with Gasteiger partial charge in [-0.25, -0.2) is 4.39 Å². The van der Waals surface area contributed by atoms with E-state index in [0.29, 0.717) is 18.2 Å². The molecule has 6 aromatic rings. The monoisotopic (exact) mass is 536 g/mol. The molecule has 3 heterocycles. The molecule has 0 amide bonds. The number of hydrogen-bond acceptors (Lipinski definition) is 9. The number of halogens is 1. The van der Waals surface area contributed by atoms with Crippen molar-refractivity contribution in [2.45, 2.75) is 6.42 Å². The van der Waals surface area contributed by atoms with Crippen LogP contribution in [0.5, 0.6) is 0 Å². The molecule has 12 heteroatoms. The predicted molar refractivity (Wildman–Crippen MR) is 147 cm³/mol. The molecule has 0 aliphatic rings. The molecule has 3 aromatic heterocycles. The van der Waals surface area contributed by atoms with Crippen molar-refractivity contribution >= 4 is 37.2 Å². The lowest BCUT2D eigenvalue weighted by Gasteiger charge is -2.02. The van der Waals surface area contributed by atoms with Gasteiger partial charge in [-0.05, 0) is 52.1 Å². The Morgan fingerprint density at radius 2 is 1.49 bits per heavy atom. The lowest BCUT2D eigenvalue weighted by atomic mass is 9.80. The summed E-state index contributed by atoms with van der Waals surface area (Å²) in [5, 5.41) is 37.9. The maximum absolute atomic E-state index is 14.0. The van der Waals surface area contributed by atoms with Gasteiger partial charge < -0.3 is 18.9 Å². The summed E-state index contributed by atoms with van der Waals surface area (Å²) in [6.07, 6.45) is 0.672. The van der Waals surface area contributed by atoms with Crippen molar-refractivity contribution in [3.63, 3.8) is 0 Å².